The van der Waals surface area contributed by atoms with E-state index in [1.807, 2.05) is 6.92 Å². The highest BCUT2D eigenvalue weighted by atomic mass is 35.5. The lowest BCUT2D eigenvalue weighted by Gasteiger charge is -2.26. The molecule has 1 aromatic heterocycles. The predicted molar refractivity (Wildman–Crippen MR) is 92.3 cm³/mol. The van der Waals surface area contributed by atoms with Crippen molar-refractivity contribution in [1.29, 1.82) is 0 Å². The number of aryl methyl sites for hydroxylation is 1. The molecule has 0 aliphatic heterocycles. The van der Waals surface area contributed by atoms with Crippen LogP contribution in [0.15, 0.2) is 22.6 Å². The zero-order chi connectivity index (χ0) is 16.1. The smallest absolute Gasteiger partial charge is 0.225 e. The SMILES string of the molecule is Cc1c(CNC(=O)C2C3CCC(C3)C2N)oc2ccc(F)cc12.Cl. The minimum atomic E-state index is -0.287. The molecule has 1 aromatic carbocycles. The molecule has 0 spiro atoms. The second-order valence-corrected chi connectivity index (χ2v) is 6.94. The number of furan rings is 1. The van der Waals surface area contributed by atoms with Crippen LogP contribution in [0.25, 0.3) is 11.0 Å². The monoisotopic (exact) mass is 352 g/mol. The van der Waals surface area contributed by atoms with Crippen molar-refractivity contribution in [1.82, 2.24) is 5.32 Å². The van der Waals surface area contributed by atoms with Crippen molar-refractivity contribution in [3.8, 4) is 0 Å². The van der Waals surface area contributed by atoms with E-state index in [-0.39, 0.29) is 36.1 Å². The van der Waals surface area contributed by atoms with Gasteiger partial charge in [0.25, 0.3) is 0 Å². The summed E-state index contributed by atoms with van der Waals surface area (Å²) in [6.07, 6.45) is 3.35. The highest BCUT2D eigenvalue weighted by Gasteiger charge is 2.48. The Morgan fingerprint density at radius 3 is 2.83 bits per heavy atom. The van der Waals surface area contributed by atoms with Crippen molar-refractivity contribution in [3.05, 3.63) is 35.3 Å². The van der Waals surface area contributed by atoms with E-state index in [2.05, 4.69) is 5.32 Å². The second-order valence-electron chi connectivity index (χ2n) is 6.94. The number of halogens is 2. The maximum Gasteiger partial charge on any atom is 0.225 e. The maximum absolute atomic E-state index is 13.3. The van der Waals surface area contributed by atoms with Gasteiger partial charge in [-0.1, -0.05) is 0 Å². The quantitative estimate of drug-likeness (QED) is 0.890. The number of fused-ring (bicyclic) bond motifs is 3. The summed E-state index contributed by atoms with van der Waals surface area (Å²) >= 11 is 0. The van der Waals surface area contributed by atoms with Crippen molar-refractivity contribution >= 4 is 29.3 Å². The van der Waals surface area contributed by atoms with Crippen LogP contribution in [-0.2, 0) is 11.3 Å². The average molecular weight is 353 g/mol. The van der Waals surface area contributed by atoms with Crippen LogP contribution in [0.1, 0.15) is 30.6 Å². The number of hydrogen-bond donors (Lipinski definition) is 2. The Hall–Kier alpha value is -1.59. The number of amides is 1. The summed E-state index contributed by atoms with van der Waals surface area (Å²) < 4.78 is 19.1. The molecule has 4 atom stereocenters. The molecule has 3 N–H and O–H groups in total. The molecule has 2 bridgehead atoms. The fraction of sp³-hybridized carbons (Fsp3) is 0.500. The Labute approximate surface area is 146 Å². The Morgan fingerprint density at radius 2 is 2.12 bits per heavy atom. The number of nitrogens with two attached hydrogens (primary N) is 1. The van der Waals surface area contributed by atoms with E-state index < -0.39 is 0 Å². The minimum Gasteiger partial charge on any atom is -0.459 e. The molecule has 0 saturated heterocycles. The summed E-state index contributed by atoms with van der Waals surface area (Å²) in [6, 6.07) is 4.45. The van der Waals surface area contributed by atoms with Crippen molar-refractivity contribution in [3.63, 3.8) is 0 Å². The molecular weight excluding hydrogens is 331 g/mol. The molecule has 4 unspecified atom stereocenters. The lowest BCUT2D eigenvalue weighted by Crippen LogP contribution is -2.45. The molecule has 1 heterocycles. The van der Waals surface area contributed by atoms with Gasteiger partial charge in [-0.15, -0.1) is 12.4 Å². The van der Waals surface area contributed by atoms with Crippen molar-refractivity contribution in [2.75, 3.05) is 0 Å². The first-order valence-electron chi connectivity index (χ1n) is 8.25. The largest absolute Gasteiger partial charge is 0.459 e. The molecule has 1 amide bonds. The molecular formula is C18H22ClFN2O2. The molecule has 6 heteroatoms. The normalized spacial score (nSPS) is 28.1. The molecule has 2 fully saturated rings. The number of rotatable bonds is 3. The van der Waals surface area contributed by atoms with Gasteiger partial charge in [0.2, 0.25) is 5.91 Å². The van der Waals surface area contributed by atoms with E-state index >= 15 is 0 Å². The molecule has 24 heavy (non-hydrogen) atoms. The van der Waals surface area contributed by atoms with Gasteiger partial charge in [-0.2, -0.15) is 0 Å². The Kier molecular flexibility index (Phi) is 4.58. The van der Waals surface area contributed by atoms with Gasteiger partial charge in [-0.3, -0.25) is 4.79 Å². The lowest BCUT2D eigenvalue weighted by atomic mass is 9.84. The molecule has 2 saturated carbocycles. The summed E-state index contributed by atoms with van der Waals surface area (Å²) in [7, 11) is 0. The van der Waals surface area contributed by atoms with Crippen molar-refractivity contribution < 1.29 is 13.6 Å². The Bertz CT molecular complexity index is 774. The Morgan fingerprint density at radius 1 is 1.38 bits per heavy atom. The van der Waals surface area contributed by atoms with Crippen molar-refractivity contribution in [2.45, 2.75) is 38.8 Å². The van der Waals surface area contributed by atoms with E-state index in [1.54, 1.807) is 6.07 Å². The van der Waals surface area contributed by atoms with Gasteiger partial charge in [-0.25, -0.2) is 4.39 Å². The molecule has 2 aliphatic rings. The van der Waals surface area contributed by atoms with Gasteiger partial charge >= 0.3 is 0 Å². The molecule has 2 aromatic rings. The van der Waals surface area contributed by atoms with Crippen LogP contribution in [-0.4, -0.2) is 11.9 Å². The van der Waals surface area contributed by atoms with Crippen LogP contribution >= 0.6 is 12.4 Å². The number of carbonyl (C=O) groups is 1. The number of nitrogens with one attached hydrogen (secondary N) is 1. The number of carbonyl (C=O) groups excluding carboxylic acids is 1. The van der Waals surface area contributed by atoms with E-state index in [9.17, 15) is 9.18 Å². The fourth-order valence-electron chi connectivity index (χ4n) is 4.42. The molecule has 4 nitrogen and oxygen atoms in total. The van der Waals surface area contributed by atoms with Gasteiger partial charge in [0, 0.05) is 17.0 Å². The van der Waals surface area contributed by atoms with Crippen LogP contribution < -0.4 is 11.1 Å². The summed E-state index contributed by atoms with van der Waals surface area (Å²) in [5.41, 5.74) is 7.73. The topological polar surface area (TPSA) is 68.3 Å². The van der Waals surface area contributed by atoms with Crippen LogP contribution in [0.3, 0.4) is 0 Å². The average Bonchev–Trinajstić information content (AvgIpc) is 3.20. The van der Waals surface area contributed by atoms with E-state index in [0.717, 1.165) is 30.2 Å². The predicted octanol–water partition coefficient (Wildman–Crippen LogP) is 3.29. The zero-order valence-corrected chi connectivity index (χ0v) is 14.4. The fourth-order valence-corrected chi connectivity index (χ4v) is 4.42. The number of hydrogen-bond acceptors (Lipinski definition) is 3. The first-order valence-corrected chi connectivity index (χ1v) is 8.25. The van der Waals surface area contributed by atoms with Gasteiger partial charge < -0.3 is 15.5 Å². The van der Waals surface area contributed by atoms with Gasteiger partial charge in [0.05, 0.1) is 12.5 Å². The summed E-state index contributed by atoms with van der Waals surface area (Å²) in [4.78, 5) is 12.5. The molecule has 130 valence electrons. The first kappa shape index (κ1) is 17.2. The third kappa shape index (κ3) is 2.70. The standard InChI is InChI=1S/C18H21FN2O2.ClH/c1-9-13-7-12(19)4-5-14(13)23-15(9)8-21-18(22)16-10-2-3-11(6-10)17(16)20;/h4-5,7,10-11,16-17H,2-3,6,8,20H2,1H3,(H,21,22);1H. The van der Waals surface area contributed by atoms with Crippen LogP contribution in [0, 0.1) is 30.5 Å². The third-order valence-corrected chi connectivity index (χ3v) is 5.70. The number of benzene rings is 1. The van der Waals surface area contributed by atoms with Gasteiger partial charge in [0.1, 0.15) is 17.2 Å². The second kappa shape index (κ2) is 6.37. The highest BCUT2D eigenvalue weighted by Crippen LogP contribution is 2.47. The van der Waals surface area contributed by atoms with Gasteiger partial charge in [0.15, 0.2) is 0 Å². The van der Waals surface area contributed by atoms with Crippen LogP contribution in [0.2, 0.25) is 0 Å². The highest BCUT2D eigenvalue weighted by molar-refractivity contribution is 5.85. The first-order chi connectivity index (χ1) is 11.0. The Balaban J connectivity index is 0.00000169. The van der Waals surface area contributed by atoms with E-state index in [1.165, 1.54) is 12.1 Å². The van der Waals surface area contributed by atoms with Crippen LogP contribution in [0.5, 0.6) is 0 Å². The maximum atomic E-state index is 13.3. The van der Waals surface area contributed by atoms with Crippen LogP contribution in [0.4, 0.5) is 4.39 Å². The third-order valence-electron chi connectivity index (χ3n) is 5.70. The minimum absolute atomic E-state index is 0. The molecule has 4 rings (SSSR count). The summed E-state index contributed by atoms with van der Waals surface area (Å²) in [5.74, 6) is 1.28. The molecule has 0 radical (unpaired) electrons. The van der Waals surface area contributed by atoms with E-state index in [0.29, 0.717) is 29.7 Å². The zero-order valence-electron chi connectivity index (χ0n) is 13.5. The summed E-state index contributed by atoms with van der Waals surface area (Å²) in [6.45, 7) is 2.21. The van der Waals surface area contributed by atoms with Gasteiger partial charge in [-0.05, 0) is 56.2 Å². The van der Waals surface area contributed by atoms with Crippen molar-refractivity contribution in [2.24, 2.45) is 23.5 Å². The lowest BCUT2D eigenvalue weighted by molar-refractivity contribution is -0.127. The van der Waals surface area contributed by atoms with E-state index in [4.69, 9.17) is 10.2 Å². The molecule has 2 aliphatic carbocycles. The summed E-state index contributed by atoms with van der Waals surface area (Å²) in [5, 5.41) is 3.72.